The number of aliphatic hydroxyl groups is 1. The fourth-order valence-electron chi connectivity index (χ4n) is 3.42. The van der Waals surface area contributed by atoms with Crippen LogP contribution in [0.3, 0.4) is 0 Å². The summed E-state index contributed by atoms with van der Waals surface area (Å²) in [4.78, 5) is 14.2. The van der Waals surface area contributed by atoms with E-state index in [1.807, 2.05) is 30.3 Å². The third-order valence-corrected chi connectivity index (χ3v) is 5.03. The third-order valence-electron chi connectivity index (χ3n) is 5.03. The van der Waals surface area contributed by atoms with E-state index < -0.39 is 11.9 Å². The normalized spacial score (nSPS) is 16.5. The van der Waals surface area contributed by atoms with Crippen molar-refractivity contribution < 1.29 is 19.0 Å². The molecule has 1 atom stereocenters. The van der Waals surface area contributed by atoms with Crippen LogP contribution < -0.4 is 4.74 Å². The molecule has 0 bridgehead atoms. The largest absolute Gasteiger partial charge is 0.494 e. The van der Waals surface area contributed by atoms with Gasteiger partial charge in [0.25, 0.3) is 0 Å². The topological polar surface area (TPSA) is 49.8 Å². The maximum atomic E-state index is 13.7. The molecule has 1 fully saturated rings. The summed E-state index contributed by atoms with van der Waals surface area (Å²) in [6.45, 7) is 1.21. The molecule has 2 aromatic carbocycles. The number of hydrogen-bond acceptors (Lipinski definition) is 3. The average molecular weight is 369 g/mol. The van der Waals surface area contributed by atoms with Crippen LogP contribution in [0.5, 0.6) is 5.75 Å². The molecule has 3 rings (SSSR count). The first-order chi connectivity index (χ1) is 13.1. The van der Waals surface area contributed by atoms with E-state index in [1.165, 1.54) is 25.3 Å². The smallest absolute Gasteiger partial charge is 0.246 e. The molecule has 4 nitrogen and oxygen atoms in total. The Morgan fingerprint density at radius 1 is 1.22 bits per heavy atom. The maximum absolute atomic E-state index is 13.7. The van der Waals surface area contributed by atoms with Crippen LogP contribution in [0, 0.1) is 11.7 Å². The van der Waals surface area contributed by atoms with Crippen molar-refractivity contribution in [3.63, 3.8) is 0 Å². The Balaban J connectivity index is 1.54. The molecule has 1 unspecified atom stereocenters. The van der Waals surface area contributed by atoms with Crippen LogP contribution in [0.25, 0.3) is 6.08 Å². The highest BCUT2D eigenvalue weighted by atomic mass is 19.1. The molecule has 1 aliphatic rings. The number of likely N-dealkylation sites (tertiary alicyclic amines) is 1. The minimum atomic E-state index is -0.499. The van der Waals surface area contributed by atoms with Gasteiger partial charge in [-0.3, -0.25) is 4.79 Å². The van der Waals surface area contributed by atoms with Gasteiger partial charge >= 0.3 is 0 Å². The van der Waals surface area contributed by atoms with Crippen molar-refractivity contribution in [1.29, 1.82) is 0 Å². The van der Waals surface area contributed by atoms with Crippen molar-refractivity contribution in [3.8, 4) is 5.75 Å². The summed E-state index contributed by atoms with van der Waals surface area (Å²) in [6.07, 6.45) is 4.09. The molecule has 0 radical (unpaired) electrons. The van der Waals surface area contributed by atoms with Crippen LogP contribution >= 0.6 is 0 Å². The van der Waals surface area contributed by atoms with Gasteiger partial charge in [-0.05, 0) is 48.1 Å². The summed E-state index contributed by atoms with van der Waals surface area (Å²) in [6, 6.07) is 14.2. The second-order valence-corrected chi connectivity index (χ2v) is 6.75. The number of amides is 1. The van der Waals surface area contributed by atoms with Gasteiger partial charge in [-0.25, -0.2) is 4.39 Å². The summed E-state index contributed by atoms with van der Waals surface area (Å²) in [5.41, 5.74) is 1.53. The molecule has 2 aromatic rings. The third kappa shape index (κ3) is 4.74. The SMILES string of the molecule is COc1ccc(C=CC(=O)N2CCC(C(O)c3ccccc3)CC2)cc1F. The first-order valence-corrected chi connectivity index (χ1v) is 9.12. The number of carbonyl (C=O) groups excluding carboxylic acids is 1. The van der Waals surface area contributed by atoms with Crippen molar-refractivity contribution in [3.05, 3.63) is 71.6 Å². The van der Waals surface area contributed by atoms with Crippen molar-refractivity contribution in [2.45, 2.75) is 18.9 Å². The lowest BCUT2D eigenvalue weighted by Gasteiger charge is -2.33. The van der Waals surface area contributed by atoms with Crippen molar-refractivity contribution >= 4 is 12.0 Å². The van der Waals surface area contributed by atoms with Gasteiger partial charge in [-0.15, -0.1) is 0 Å². The Morgan fingerprint density at radius 3 is 2.56 bits per heavy atom. The van der Waals surface area contributed by atoms with Crippen molar-refractivity contribution in [2.75, 3.05) is 20.2 Å². The Labute approximate surface area is 158 Å². The number of nitrogens with zero attached hydrogens (tertiary/aromatic N) is 1. The summed E-state index contributed by atoms with van der Waals surface area (Å²) in [5, 5.41) is 10.5. The molecule has 1 saturated heterocycles. The van der Waals surface area contributed by atoms with Crippen molar-refractivity contribution in [2.24, 2.45) is 5.92 Å². The lowest BCUT2D eigenvalue weighted by Crippen LogP contribution is -2.38. The van der Waals surface area contributed by atoms with Gasteiger partial charge < -0.3 is 14.7 Å². The van der Waals surface area contributed by atoms with Gasteiger partial charge in [-0.1, -0.05) is 36.4 Å². The molecular formula is C22H24FNO3. The van der Waals surface area contributed by atoms with E-state index in [9.17, 15) is 14.3 Å². The minimum absolute atomic E-state index is 0.0983. The van der Waals surface area contributed by atoms with Crippen LogP contribution in [0.4, 0.5) is 4.39 Å². The number of carbonyl (C=O) groups is 1. The lowest BCUT2D eigenvalue weighted by molar-refractivity contribution is -0.127. The first-order valence-electron chi connectivity index (χ1n) is 9.12. The summed E-state index contributed by atoms with van der Waals surface area (Å²) >= 11 is 0. The molecule has 1 amide bonds. The zero-order chi connectivity index (χ0) is 19.2. The molecule has 1 heterocycles. The Bertz CT molecular complexity index is 798. The van der Waals surface area contributed by atoms with E-state index >= 15 is 0 Å². The second kappa shape index (κ2) is 8.82. The molecule has 142 valence electrons. The molecule has 0 saturated carbocycles. The van der Waals surface area contributed by atoms with Crippen LogP contribution in [-0.2, 0) is 4.79 Å². The van der Waals surface area contributed by atoms with Gasteiger partial charge in [-0.2, -0.15) is 0 Å². The summed E-state index contributed by atoms with van der Waals surface area (Å²) < 4.78 is 18.6. The van der Waals surface area contributed by atoms with E-state index in [0.717, 1.165) is 18.4 Å². The standard InChI is InChI=1S/C22H24FNO3/c1-27-20-9-7-16(15-19(20)23)8-10-21(25)24-13-11-18(12-14-24)22(26)17-5-3-2-4-6-17/h2-10,15,18,22,26H,11-14H2,1H3. The molecule has 0 spiro atoms. The maximum Gasteiger partial charge on any atom is 0.246 e. The monoisotopic (exact) mass is 369 g/mol. The number of hydrogen-bond donors (Lipinski definition) is 1. The molecule has 5 heteroatoms. The van der Waals surface area contributed by atoms with Gasteiger partial charge in [0.05, 0.1) is 13.2 Å². The van der Waals surface area contributed by atoms with E-state index in [0.29, 0.717) is 18.7 Å². The van der Waals surface area contributed by atoms with Gasteiger partial charge in [0, 0.05) is 19.2 Å². The highest BCUT2D eigenvalue weighted by molar-refractivity contribution is 5.91. The number of benzene rings is 2. The lowest BCUT2D eigenvalue weighted by atomic mass is 9.87. The number of ether oxygens (including phenoxy) is 1. The van der Waals surface area contributed by atoms with Crippen LogP contribution in [0.2, 0.25) is 0 Å². The number of piperidine rings is 1. The summed E-state index contributed by atoms with van der Waals surface area (Å²) in [5.74, 6) is -0.227. The van der Waals surface area contributed by atoms with E-state index in [-0.39, 0.29) is 17.6 Å². The molecular weight excluding hydrogens is 345 g/mol. The fraction of sp³-hybridized carbons (Fsp3) is 0.318. The zero-order valence-electron chi connectivity index (χ0n) is 15.3. The molecule has 0 aromatic heterocycles. The molecule has 0 aliphatic carbocycles. The van der Waals surface area contributed by atoms with Gasteiger partial charge in [0.15, 0.2) is 11.6 Å². The highest BCUT2D eigenvalue weighted by Gasteiger charge is 2.27. The zero-order valence-corrected chi connectivity index (χ0v) is 15.3. The van der Waals surface area contributed by atoms with E-state index in [2.05, 4.69) is 0 Å². The molecule has 1 N–H and O–H groups in total. The molecule has 1 aliphatic heterocycles. The Kier molecular flexibility index (Phi) is 6.24. The van der Waals surface area contributed by atoms with E-state index in [1.54, 1.807) is 17.0 Å². The van der Waals surface area contributed by atoms with Gasteiger partial charge in [0.2, 0.25) is 5.91 Å². The first kappa shape index (κ1) is 19.1. The molecule has 27 heavy (non-hydrogen) atoms. The number of aliphatic hydroxyl groups excluding tert-OH is 1. The van der Waals surface area contributed by atoms with Crippen LogP contribution in [0.1, 0.15) is 30.1 Å². The Morgan fingerprint density at radius 2 is 1.93 bits per heavy atom. The predicted molar refractivity (Wildman–Crippen MR) is 103 cm³/mol. The summed E-state index contributed by atoms with van der Waals surface area (Å²) in [7, 11) is 1.41. The minimum Gasteiger partial charge on any atom is -0.494 e. The van der Waals surface area contributed by atoms with Gasteiger partial charge in [0.1, 0.15) is 0 Å². The second-order valence-electron chi connectivity index (χ2n) is 6.75. The highest BCUT2D eigenvalue weighted by Crippen LogP contribution is 2.30. The van der Waals surface area contributed by atoms with Crippen LogP contribution in [-0.4, -0.2) is 36.1 Å². The predicted octanol–water partition coefficient (Wildman–Crippen LogP) is 3.82. The van der Waals surface area contributed by atoms with Crippen molar-refractivity contribution in [1.82, 2.24) is 4.90 Å². The number of methoxy groups -OCH3 is 1. The number of halogens is 1. The van der Waals surface area contributed by atoms with E-state index in [4.69, 9.17) is 4.74 Å². The Hall–Kier alpha value is -2.66. The van der Waals surface area contributed by atoms with Crippen LogP contribution in [0.15, 0.2) is 54.6 Å². The quantitative estimate of drug-likeness (QED) is 0.815. The number of rotatable bonds is 5. The average Bonchev–Trinajstić information content (AvgIpc) is 2.72. The fourth-order valence-corrected chi connectivity index (χ4v) is 3.42.